The van der Waals surface area contributed by atoms with Crippen molar-refractivity contribution in [2.24, 2.45) is 14.1 Å². The van der Waals surface area contributed by atoms with Crippen LogP contribution in [0.5, 0.6) is 5.75 Å². The van der Waals surface area contributed by atoms with E-state index in [4.69, 9.17) is 9.72 Å². The number of nitrogens with one attached hydrogen (secondary N) is 2. The Morgan fingerprint density at radius 3 is 2.77 bits per heavy atom. The fourth-order valence-electron chi connectivity index (χ4n) is 4.17. The molecule has 4 aromatic heterocycles. The van der Waals surface area contributed by atoms with Gasteiger partial charge in [0, 0.05) is 38.5 Å². The lowest BCUT2D eigenvalue weighted by Crippen LogP contribution is -2.15. The van der Waals surface area contributed by atoms with Gasteiger partial charge in [-0.25, -0.2) is 4.98 Å². The smallest absolute Gasteiger partial charge is 0.161 e. The van der Waals surface area contributed by atoms with Crippen LogP contribution in [-0.2, 0) is 14.1 Å². The second kappa shape index (κ2) is 7.90. The summed E-state index contributed by atoms with van der Waals surface area (Å²) in [7, 11) is 5.43. The molecule has 1 fully saturated rings. The Kier molecular flexibility index (Phi) is 4.93. The van der Waals surface area contributed by atoms with Crippen LogP contribution in [0.25, 0.3) is 22.4 Å². The van der Waals surface area contributed by atoms with Gasteiger partial charge < -0.3 is 15.4 Å². The van der Waals surface area contributed by atoms with E-state index < -0.39 is 0 Å². The molecule has 4 aromatic rings. The molecule has 0 amide bonds. The van der Waals surface area contributed by atoms with Crippen LogP contribution in [0, 0.1) is 0 Å². The third-order valence-corrected chi connectivity index (χ3v) is 5.79. The molecule has 160 valence electrons. The first kappa shape index (κ1) is 19.3. The van der Waals surface area contributed by atoms with E-state index >= 15 is 0 Å². The first-order chi connectivity index (χ1) is 15.1. The summed E-state index contributed by atoms with van der Waals surface area (Å²) in [5.41, 5.74) is 3.32. The van der Waals surface area contributed by atoms with E-state index in [1.165, 1.54) is 25.7 Å². The van der Waals surface area contributed by atoms with Gasteiger partial charge in [-0.15, -0.1) is 0 Å². The Labute approximate surface area is 180 Å². The minimum Gasteiger partial charge on any atom is -0.494 e. The van der Waals surface area contributed by atoms with E-state index in [9.17, 15) is 0 Å². The van der Waals surface area contributed by atoms with E-state index in [1.54, 1.807) is 22.7 Å². The molecule has 9 nitrogen and oxygen atoms in total. The number of hydrogen-bond donors (Lipinski definition) is 2. The molecule has 0 radical (unpaired) electrons. The summed E-state index contributed by atoms with van der Waals surface area (Å²) in [6.07, 6.45) is 8.56. The van der Waals surface area contributed by atoms with E-state index in [-0.39, 0.29) is 0 Å². The molecule has 31 heavy (non-hydrogen) atoms. The molecule has 0 saturated heterocycles. The van der Waals surface area contributed by atoms with Gasteiger partial charge >= 0.3 is 0 Å². The monoisotopic (exact) mass is 418 g/mol. The first-order valence-corrected chi connectivity index (χ1v) is 10.5. The lowest BCUT2D eigenvalue weighted by molar-refractivity contribution is 0.414. The number of pyridine rings is 2. The number of nitrogens with zero attached hydrogens (tertiary/aromatic N) is 6. The minimum absolute atomic E-state index is 0.499. The first-order valence-electron chi connectivity index (χ1n) is 10.5. The second-order valence-corrected chi connectivity index (χ2v) is 7.90. The van der Waals surface area contributed by atoms with Gasteiger partial charge in [0.2, 0.25) is 0 Å². The van der Waals surface area contributed by atoms with E-state index in [1.807, 2.05) is 38.5 Å². The van der Waals surface area contributed by atoms with Gasteiger partial charge in [0.15, 0.2) is 5.65 Å². The molecule has 0 bridgehead atoms. The van der Waals surface area contributed by atoms with E-state index in [2.05, 4.69) is 31.9 Å². The van der Waals surface area contributed by atoms with Gasteiger partial charge in [0.25, 0.3) is 0 Å². The predicted molar refractivity (Wildman–Crippen MR) is 121 cm³/mol. The zero-order valence-electron chi connectivity index (χ0n) is 18.0. The standard InChI is InChI=1S/C22H26N8O/c1-29-20(12-17(28-29)21-18(31-3)9-6-10-23-21)26-19-11-16(25-14-7-4-5-8-14)15-13-24-30(2)22(15)27-19/h6,9-14H,4-5,7-8H2,1-3H3,(H2,25,26,27). The Bertz CT molecular complexity index is 1220. The lowest BCUT2D eigenvalue weighted by atomic mass is 10.2. The number of anilines is 3. The number of ether oxygens (including phenoxy) is 1. The summed E-state index contributed by atoms with van der Waals surface area (Å²) in [5.74, 6) is 2.23. The van der Waals surface area contributed by atoms with Crippen molar-refractivity contribution in [1.29, 1.82) is 0 Å². The van der Waals surface area contributed by atoms with Crippen LogP contribution in [0.3, 0.4) is 0 Å². The van der Waals surface area contributed by atoms with Crippen molar-refractivity contribution in [2.75, 3.05) is 17.7 Å². The fraction of sp³-hybridized carbons (Fsp3) is 0.364. The highest BCUT2D eigenvalue weighted by molar-refractivity contribution is 5.91. The number of aromatic nitrogens is 6. The zero-order valence-corrected chi connectivity index (χ0v) is 18.0. The van der Waals surface area contributed by atoms with Gasteiger partial charge in [-0.2, -0.15) is 10.2 Å². The molecule has 0 unspecified atom stereocenters. The van der Waals surface area contributed by atoms with Gasteiger partial charge in [0.05, 0.1) is 24.4 Å². The highest BCUT2D eigenvalue weighted by Gasteiger charge is 2.19. The largest absolute Gasteiger partial charge is 0.494 e. The van der Waals surface area contributed by atoms with Crippen LogP contribution in [-0.4, -0.2) is 42.7 Å². The normalized spacial score (nSPS) is 14.3. The van der Waals surface area contributed by atoms with Gasteiger partial charge in [0.1, 0.15) is 28.8 Å². The summed E-state index contributed by atoms with van der Waals surface area (Å²) >= 11 is 0. The molecule has 0 atom stereocenters. The topological polar surface area (TPSA) is 94.7 Å². The molecule has 0 aliphatic heterocycles. The Morgan fingerprint density at radius 2 is 1.97 bits per heavy atom. The van der Waals surface area contributed by atoms with Crippen LogP contribution in [0.1, 0.15) is 25.7 Å². The molecular formula is C22H26N8O. The quantitative estimate of drug-likeness (QED) is 0.491. The van der Waals surface area contributed by atoms with Gasteiger partial charge in [-0.3, -0.25) is 14.3 Å². The average Bonchev–Trinajstić information content (AvgIpc) is 3.50. The summed E-state index contributed by atoms with van der Waals surface area (Å²) in [6.45, 7) is 0. The maximum absolute atomic E-state index is 5.44. The SMILES string of the molecule is COc1cccnc1-c1cc(Nc2cc(NC3CCCC3)c3cnn(C)c3n2)n(C)n1. The Morgan fingerprint density at radius 1 is 1.13 bits per heavy atom. The fourth-order valence-corrected chi connectivity index (χ4v) is 4.17. The van der Waals surface area contributed by atoms with Crippen LogP contribution >= 0.6 is 0 Å². The van der Waals surface area contributed by atoms with Crippen LogP contribution in [0.4, 0.5) is 17.3 Å². The molecule has 2 N–H and O–H groups in total. The highest BCUT2D eigenvalue weighted by Crippen LogP contribution is 2.32. The Balaban J connectivity index is 1.49. The molecule has 5 rings (SSSR count). The van der Waals surface area contributed by atoms with Crippen molar-refractivity contribution in [3.63, 3.8) is 0 Å². The summed E-state index contributed by atoms with van der Waals surface area (Å²) in [5, 5.41) is 17.2. The molecule has 0 spiro atoms. The summed E-state index contributed by atoms with van der Waals surface area (Å²) in [6, 6.07) is 8.22. The maximum Gasteiger partial charge on any atom is 0.161 e. The molecule has 9 heteroatoms. The predicted octanol–water partition coefficient (Wildman–Crippen LogP) is 3.87. The van der Waals surface area contributed by atoms with Crippen molar-refractivity contribution in [2.45, 2.75) is 31.7 Å². The van der Waals surface area contributed by atoms with E-state index in [0.717, 1.165) is 34.1 Å². The molecular weight excluding hydrogens is 392 g/mol. The molecule has 4 heterocycles. The summed E-state index contributed by atoms with van der Waals surface area (Å²) in [4.78, 5) is 9.22. The van der Waals surface area contributed by atoms with Crippen molar-refractivity contribution in [3.05, 3.63) is 36.7 Å². The maximum atomic E-state index is 5.44. The number of aryl methyl sites for hydroxylation is 2. The second-order valence-electron chi connectivity index (χ2n) is 7.90. The number of rotatable bonds is 6. The van der Waals surface area contributed by atoms with Crippen molar-refractivity contribution >= 4 is 28.4 Å². The highest BCUT2D eigenvalue weighted by atomic mass is 16.5. The molecule has 1 saturated carbocycles. The van der Waals surface area contributed by atoms with Crippen molar-refractivity contribution in [1.82, 2.24) is 29.5 Å². The number of hydrogen-bond acceptors (Lipinski definition) is 7. The third-order valence-electron chi connectivity index (χ3n) is 5.79. The molecule has 1 aliphatic carbocycles. The third kappa shape index (κ3) is 3.67. The lowest BCUT2D eigenvalue weighted by Gasteiger charge is -2.16. The minimum atomic E-state index is 0.499. The van der Waals surface area contributed by atoms with Crippen LogP contribution in [0.15, 0.2) is 36.7 Å². The van der Waals surface area contributed by atoms with Crippen molar-refractivity contribution in [3.8, 4) is 17.1 Å². The molecule has 1 aliphatic rings. The van der Waals surface area contributed by atoms with Crippen LogP contribution < -0.4 is 15.4 Å². The Hall–Kier alpha value is -3.62. The zero-order chi connectivity index (χ0) is 21.4. The van der Waals surface area contributed by atoms with Gasteiger partial charge in [-0.1, -0.05) is 12.8 Å². The van der Waals surface area contributed by atoms with Crippen LogP contribution in [0.2, 0.25) is 0 Å². The molecule has 0 aromatic carbocycles. The van der Waals surface area contributed by atoms with E-state index in [0.29, 0.717) is 17.5 Å². The average molecular weight is 419 g/mol. The number of methoxy groups -OCH3 is 1. The van der Waals surface area contributed by atoms with Crippen molar-refractivity contribution < 1.29 is 4.74 Å². The summed E-state index contributed by atoms with van der Waals surface area (Å²) < 4.78 is 9.02. The number of fused-ring (bicyclic) bond motifs is 1. The van der Waals surface area contributed by atoms with Gasteiger partial charge in [-0.05, 0) is 25.0 Å².